The number of furan rings is 1. The maximum Gasteiger partial charge on any atom is 0.140 e. The molecule has 2 heterocycles. The Balaban J connectivity index is 1.79. The van der Waals surface area contributed by atoms with Crippen molar-refractivity contribution >= 4 is 21.9 Å². The van der Waals surface area contributed by atoms with Gasteiger partial charge in [-0.1, -0.05) is 82.3 Å². The van der Waals surface area contributed by atoms with Crippen LogP contribution in [0.5, 0.6) is 0 Å². The van der Waals surface area contributed by atoms with Crippen molar-refractivity contribution in [2.75, 3.05) is 0 Å². The van der Waals surface area contributed by atoms with Crippen molar-refractivity contribution in [1.29, 1.82) is 0 Å². The van der Waals surface area contributed by atoms with Gasteiger partial charge in [0.1, 0.15) is 17.0 Å². The van der Waals surface area contributed by atoms with Gasteiger partial charge in [0.2, 0.25) is 0 Å². The highest BCUT2D eigenvalue weighted by atomic mass is 16.3. The number of fused-ring (bicyclic) bond motifs is 3. The molecule has 0 bridgehead atoms. The van der Waals surface area contributed by atoms with Gasteiger partial charge in [0.05, 0.1) is 6.54 Å². The largest absolute Gasteiger partial charge is 0.456 e. The quantitative estimate of drug-likeness (QED) is 0.298. The van der Waals surface area contributed by atoms with Crippen LogP contribution in [0.3, 0.4) is 0 Å². The number of aromatic nitrogens is 2. The van der Waals surface area contributed by atoms with E-state index in [1.807, 2.05) is 18.3 Å². The molecule has 3 nitrogen and oxygen atoms in total. The van der Waals surface area contributed by atoms with E-state index in [1.165, 1.54) is 27.5 Å². The fourth-order valence-corrected chi connectivity index (χ4v) is 4.58. The van der Waals surface area contributed by atoms with Crippen LogP contribution in [-0.2, 0) is 6.54 Å². The van der Waals surface area contributed by atoms with Gasteiger partial charge < -0.3 is 8.98 Å². The third-order valence-corrected chi connectivity index (χ3v) is 6.14. The van der Waals surface area contributed by atoms with Crippen LogP contribution in [0.2, 0.25) is 0 Å². The molecule has 0 unspecified atom stereocenters. The Bertz CT molecular complexity index is 1360. The van der Waals surface area contributed by atoms with Crippen molar-refractivity contribution in [3.05, 3.63) is 89.7 Å². The van der Waals surface area contributed by atoms with Gasteiger partial charge in [-0.15, -0.1) is 0 Å². The van der Waals surface area contributed by atoms with Crippen LogP contribution in [0, 0.1) is 0 Å². The summed E-state index contributed by atoms with van der Waals surface area (Å²) < 4.78 is 8.69. The van der Waals surface area contributed by atoms with Crippen molar-refractivity contribution in [2.24, 2.45) is 0 Å². The lowest BCUT2D eigenvalue weighted by molar-refractivity contribution is 0.654. The number of benzene rings is 3. The molecule has 0 aliphatic carbocycles. The van der Waals surface area contributed by atoms with Crippen LogP contribution in [0.1, 0.15) is 56.2 Å². The molecule has 0 saturated heterocycles. The van der Waals surface area contributed by atoms with Crippen LogP contribution in [0.15, 0.2) is 77.5 Å². The van der Waals surface area contributed by atoms with Gasteiger partial charge in [-0.2, -0.15) is 0 Å². The maximum absolute atomic E-state index is 6.43. The molecule has 0 spiro atoms. The molecule has 3 aromatic carbocycles. The second-order valence-electron chi connectivity index (χ2n) is 8.89. The van der Waals surface area contributed by atoms with Gasteiger partial charge in [0.25, 0.3) is 0 Å². The average Bonchev–Trinajstić information content (AvgIpc) is 3.38. The average molecular weight is 409 g/mol. The van der Waals surface area contributed by atoms with E-state index >= 15 is 0 Å². The normalized spacial score (nSPS) is 11.9. The van der Waals surface area contributed by atoms with Gasteiger partial charge in [0, 0.05) is 28.7 Å². The van der Waals surface area contributed by atoms with E-state index in [-0.39, 0.29) is 0 Å². The summed E-state index contributed by atoms with van der Waals surface area (Å²) >= 11 is 0. The van der Waals surface area contributed by atoms with E-state index in [9.17, 15) is 0 Å². The van der Waals surface area contributed by atoms with Crippen molar-refractivity contribution in [2.45, 2.75) is 46.1 Å². The lowest BCUT2D eigenvalue weighted by Crippen LogP contribution is -2.07. The second-order valence-corrected chi connectivity index (χ2v) is 8.89. The fourth-order valence-electron chi connectivity index (χ4n) is 4.58. The van der Waals surface area contributed by atoms with Crippen molar-refractivity contribution in [3.8, 4) is 11.4 Å². The van der Waals surface area contributed by atoms with Crippen molar-refractivity contribution in [1.82, 2.24) is 9.55 Å². The third-order valence-electron chi connectivity index (χ3n) is 6.14. The predicted molar refractivity (Wildman–Crippen MR) is 129 cm³/mol. The van der Waals surface area contributed by atoms with Gasteiger partial charge in [-0.05, 0) is 34.6 Å². The Morgan fingerprint density at radius 2 is 1.58 bits per heavy atom. The highest BCUT2D eigenvalue weighted by molar-refractivity contribution is 6.08. The summed E-state index contributed by atoms with van der Waals surface area (Å²) in [5, 5.41) is 2.44. The summed E-state index contributed by atoms with van der Waals surface area (Å²) in [6.45, 7) is 9.81. The number of imidazole rings is 1. The minimum atomic E-state index is 0.391. The molecule has 2 aromatic heterocycles. The Morgan fingerprint density at radius 3 is 2.32 bits per heavy atom. The first-order valence-corrected chi connectivity index (χ1v) is 11.1. The minimum Gasteiger partial charge on any atom is -0.456 e. The molecule has 31 heavy (non-hydrogen) atoms. The summed E-state index contributed by atoms with van der Waals surface area (Å²) in [6, 6.07) is 21.2. The molecule has 3 heteroatoms. The molecular formula is C28H28N2O. The molecular weight excluding hydrogens is 380 g/mol. The van der Waals surface area contributed by atoms with Crippen molar-refractivity contribution < 1.29 is 4.42 Å². The number of hydrogen-bond donors (Lipinski definition) is 0. The highest BCUT2D eigenvalue weighted by Gasteiger charge is 2.22. The zero-order valence-corrected chi connectivity index (χ0v) is 18.6. The lowest BCUT2D eigenvalue weighted by atomic mass is 9.88. The molecule has 5 aromatic rings. The highest BCUT2D eigenvalue weighted by Crippen LogP contribution is 2.40. The monoisotopic (exact) mass is 408 g/mol. The summed E-state index contributed by atoms with van der Waals surface area (Å²) in [6.07, 6.45) is 3.97. The van der Waals surface area contributed by atoms with Gasteiger partial charge in [-0.3, -0.25) is 0 Å². The Hall–Kier alpha value is -3.33. The van der Waals surface area contributed by atoms with Crippen LogP contribution in [0.4, 0.5) is 0 Å². The predicted octanol–water partition coefficient (Wildman–Crippen LogP) is 7.74. The molecule has 5 rings (SSSR count). The van der Waals surface area contributed by atoms with Crippen LogP contribution in [-0.4, -0.2) is 9.55 Å². The molecule has 0 radical (unpaired) electrons. The van der Waals surface area contributed by atoms with Gasteiger partial charge >= 0.3 is 0 Å². The Kier molecular flexibility index (Phi) is 4.90. The third kappa shape index (κ3) is 3.34. The summed E-state index contributed by atoms with van der Waals surface area (Å²) in [5.74, 6) is 1.79. The van der Waals surface area contributed by atoms with E-state index in [1.54, 1.807) is 0 Å². The Morgan fingerprint density at radius 1 is 0.871 bits per heavy atom. The second kappa shape index (κ2) is 7.73. The molecule has 0 atom stereocenters. The summed E-state index contributed by atoms with van der Waals surface area (Å²) in [4.78, 5) is 4.67. The van der Waals surface area contributed by atoms with Gasteiger partial charge in [0.15, 0.2) is 0 Å². The van der Waals surface area contributed by atoms with E-state index in [0.29, 0.717) is 11.8 Å². The van der Waals surface area contributed by atoms with E-state index in [2.05, 4.69) is 92.0 Å². The minimum absolute atomic E-state index is 0.391. The van der Waals surface area contributed by atoms with Crippen LogP contribution >= 0.6 is 0 Å². The first-order chi connectivity index (χ1) is 15.0. The zero-order valence-electron chi connectivity index (χ0n) is 18.6. The van der Waals surface area contributed by atoms with Gasteiger partial charge in [-0.25, -0.2) is 4.98 Å². The topological polar surface area (TPSA) is 31.0 Å². The fraction of sp³-hybridized carbons (Fsp3) is 0.250. The Labute approximate surface area is 183 Å². The van der Waals surface area contributed by atoms with E-state index in [4.69, 9.17) is 4.42 Å². The van der Waals surface area contributed by atoms with Crippen molar-refractivity contribution in [3.63, 3.8) is 0 Å². The molecule has 0 fully saturated rings. The molecule has 0 aliphatic heterocycles. The molecule has 0 amide bonds. The number of rotatable bonds is 5. The summed E-state index contributed by atoms with van der Waals surface area (Å²) in [5.41, 5.74) is 7.11. The first-order valence-electron chi connectivity index (χ1n) is 11.1. The van der Waals surface area contributed by atoms with Crippen LogP contribution in [0.25, 0.3) is 33.3 Å². The lowest BCUT2D eigenvalue weighted by Gasteiger charge is -2.19. The van der Waals surface area contributed by atoms with Crippen LogP contribution < -0.4 is 0 Å². The first kappa shape index (κ1) is 19.6. The molecule has 0 aliphatic rings. The smallest absolute Gasteiger partial charge is 0.140 e. The zero-order chi connectivity index (χ0) is 21.5. The standard InChI is InChI=1S/C28H28N2O/c1-18(2)22-16-23(19(3)4)27-26(21-12-8-9-13-25(21)31-27)24(22)17-30-15-14-29-28(30)20-10-6-5-7-11-20/h5-16,18-19H,17H2,1-4H3. The molecule has 156 valence electrons. The van der Waals surface area contributed by atoms with E-state index < -0.39 is 0 Å². The number of para-hydroxylation sites is 1. The molecule has 0 N–H and O–H groups in total. The number of hydrogen-bond acceptors (Lipinski definition) is 2. The maximum atomic E-state index is 6.43. The SMILES string of the molecule is CC(C)c1cc(C(C)C)c2oc3ccccc3c2c1Cn1ccnc1-c1ccccc1. The summed E-state index contributed by atoms with van der Waals surface area (Å²) in [7, 11) is 0. The van der Waals surface area contributed by atoms with E-state index in [0.717, 1.165) is 29.1 Å². The molecule has 0 saturated carbocycles. The number of nitrogens with zero attached hydrogens (tertiary/aromatic N) is 2.